The van der Waals surface area contributed by atoms with Crippen molar-refractivity contribution in [3.8, 4) is 0 Å². The second kappa shape index (κ2) is 9.69. The number of nitrogens with one attached hydrogen (secondary N) is 3. The molecule has 0 bridgehead atoms. The first kappa shape index (κ1) is 22.4. The maximum atomic E-state index is 12.9. The molecule has 3 aromatic rings. The largest absolute Gasteiger partial charge is 0.459 e. The van der Waals surface area contributed by atoms with Gasteiger partial charge in [0, 0.05) is 5.69 Å². The number of amides is 2. The van der Waals surface area contributed by atoms with Crippen LogP contribution in [0.25, 0.3) is 0 Å². The number of para-hydroxylation sites is 1. The van der Waals surface area contributed by atoms with Gasteiger partial charge in [-0.15, -0.1) is 0 Å². The summed E-state index contributed by atoms with van der Waals surface area (Å²) in [6, 6.07) is 13.3. The van der Waals surface area contributed by atoms with Crippen LogP contribution in [0, 0.1) is 0 Å². The predicted molar refractivity (Wildman–Crippen MR) is 106 cm³/mol. The molecule has 166 valence electrons. The van der Waals surface area contributed by atoms with Crippen LogP contribution in [-0.4, -0.2) is 24.4 Å². The maximum Gasteiger partial charge on any atom is 0.416 e. The van der Waals surface area contributed by atoms with Crippen LogP contribution in [-0.2, 0) is 15.7 Å². The predicted octanol–water partition coefficient (Wildman–Crippen LogP) is 3.66. The fourth-order valence-electron chi connectivity index (χ4n) is 2.54. The molecule has 0 aliphatic rings. The van der Waals surface area contributed by atoms with E-state index in [2.05, 4.69) is 16.2 Å². The van der Waals surface area contributed by atoms with Gasteiger partial charge in [0.25, 0.3) is 5.91 Å². The summed E-state index contributed by atoms with van der Waals surface area (Å²) in [6.45, 7) is -0.713. The fourth-order valence-corrected chi connectivity index (χ4v) is 2.54. The van der Waals surface area contributed by atoms with E-state index < -0.39 is 36.1 Å². The smallest absolute Gasteiger partial charge is 0.416 e. The molecule has 1 aromatic heterocycles. The number of esters is 1. The molecule has 8 nitrogen and oxygen atoms in total. The van der Waals surface area contributed by atoms with Crippen molar-refractivity contribution in [2.45, 2.75) is 6.18 Å². The van der Waals surface area contributed by atoms with Crippen molar-refractivity contribution < 1.29 is 36.7 Å². The van der Waals surface area contributed by atoms with Crippen LogP contribution >= 0.6 is 0 Å². The number of halogens is 3. The van der Waals surface area contributed by atoms with Gasteiger partial charge >= 0.3 is 18.1 Å². The molecule has 32 heavy (non-hydrogen) atoms. The number of furan rings is 1. The highest BCUT2D eigenvalue weighted by Crippen LogP contribution is 2.32. The minimum absolute atomic E-state index is 0.00247. The number of hydrazine groups is 1. The van der Waals surface area contributed by atoms with Crippen LogP contribution in [0.3, 0.4) is 0 Å². The molecular weight excluding hydrogens is 431 g/mol. The number of hydrogen-bond donors (Lipinski definition) is 3. The van der Waals surface area contributed by atoms with E-state index in [1.807, 2.05) is 0 Å². The summed E-state index contributed by atoms with van der Waals surface area (Å²) in [6.07, 6.45) is -3.24. The number of carbonyl (C=O) groups is 3. The molecule has 0 aliphatic carbocycles. The van der Waals surface area contributed by atoms with Crippen LogP contribution < -0.4 is 16.2 Å². The van der Waals surface area contributed by atoms with Crippen molar-refractivity contribution in [3.63, 3.8) is 0 Å². The Balaban J connectivity index is 1.59. The molecule has 1 heterocycles. The van der Waals surface area contributed by atoms with Crippen molar-refractivity contribution in [1.29, 1.82) is 0 Å². The molecule has 0 fully saturated rings. The Morgan fingerprint density at radius 3 is 2.44 bits per heavy atom. The fraction of sp³-hybridized carbons (Fsp3) is 0.0952. The zero-order valence-electron chi connectivity index (χ0n) is 16.2. The summed E-state index contributed by atoms with van der Waals surface area (Å²) in [4.78, 5) is 35.9. The number of rotatable bonds is 6. The third-order valence-electron chi connectivity index (χ3n) is 4.01. The minimum Gasteiger partial charge on any atom is -0.459 e. The lowest BCUT2D eigenvalue weighted by atomic mass is 10.1. The number of carbonyl (C=O) groups excluding carboxylic acids is 3. The van der Waals surface area contributed by atoms with Crippen LogP contribution in [0.2, 0.25) is 0 Å². The molecule has 0 saturated carbocycles. The third kappa shape index (κ3) is 5.88. The second-order valence-corrected chi connectivity index (χ2v) is 6.30. The Morgan fingerprint density at radius 2 is 1.72 bits per heavy atom. The van der Waals surface area contributed by atoms with E-state index in [9.17, 15) is 27.6 Å². The van der Waals surface area contributed by atoms with E-state index >= 15 is 0 Å². The lowest BCUT2D eigenvalue weighted by Crippen LogP contribution is -2.43. The summed E-state index contributed by atoms with van der Waals surface area (Å²) in [7, 11) is 0. The van der Waals surface area contributed by atoms with Gasteiger partial charge in [-0.3, -0.25) is 20.4 Å². The minimum atomic E-state index is -4.52. The van der Waals surface area contributed by atoms with Crippen LogP contribution in [0.4, 0.5) is 24.5 Å². The van der Waals surface area contributed by atoms with Gasteiger partial charge in [-0.25, -0.2) is 4.79 Å². The summed E-state index contributed by atoms with van der Waals surface area (Å²) in [5.74, 6) is -2.45. The van der Waals surface area contributed by atoms with Gasteiger partial charge in [-0.05, 0) is 42.5 Å². The number of ether oxygens (including phenoxy) is 1. The quantitative estimate of drug-likeness (QED) is 0.393. The molecule has 3 rings (SSSR count). The van der Waals surface area contributed by atoms with Crippen LogP contribution in [0.5, 0.6) is 0 Å². The Morgan fingerprint density at radius 1 is 0.938 bits per heavy atom. The number of anilines is 2. The average molecular weight is 447 g/mol. The zero-order chi connectivity index (χ0) is 23.1. The molecule has 0 saturated heterocycles. The Labute approximate surface area is 179 Å². The van der Waals surface area contributed by atoms with Crippen molar-refractivity contribution in [1.82, 2.24) is 10.9 Å². The van der Waals surface area contributed by atoms with Crippen LogP contribution in [0.1, 0.15) is 26.5 Å². The van der Waals surface area contributed by atoms with E-state index in [0.29, 0.717) is 0 Å². The SMILES string of the molecule is O=C(COC(=O)c1ccccc1Nc1cccc(C(F)(F)F)c1)NNC(=O)c1ccco1. The first-order valence-corrected chi connectivity index (χ1v) is 9.07. The molecule has 0 spiro atoms. The van der Waals surface area contributed by atoms with Gasteiger partial charge in [0.05, 0.1) is 23.1 Å². The second-order valence-electron chi connectivity index (χ2n) is 6.30. The first-order valence-electron chi connectivity index (χ1n) is 9.07. The lowest BCUT2D eigenvalue weighted by molar-refractivity contribution is -0.137. The van der Waals surface area contributed by atoms with E-state index in [-0.39, 0.29) is 22.7 Å². The number of hydrogen-bond acceptors (Lipinski definition) is 6. The molecule has 11 heteroatoms. The molecule has 0 aliphatic heterocycles. The van der Waals surface area contributed by atoms with Gasteiger partial charge in [-0.1, -0.05) is 18.2 Å². The van der Waals surface area contributed by atoms with Crippen molar-refractivity contribution in [2.24, 2.45) is 0 Å². The molecule has 0 radical (unpaired) electrons. The first-order chi connectivity index (χ1) is 15.2. The highest BCUT2D eigenvalue weighted by molar-refractivity contribution is 5.98. The molecule has 3 N–H and O–H groups in total. The summed E-state index contributed by atoms with van der Waals surface area (Å²) in [5.41, 5.74) is 3.58. The number of alkyl halides is 3. The molecule has 0 atom stereocenters. The monoisotopic (exact) mass is 447 g/mol. The standard InChI is InChI=1S/C21H16F3N3O5/c22-21(23,24)13-5-3-6-14(11-13)25-16-8-2-1-7-15(16)20(30)32-12-18(28)26-27-19(29)17-9-4-10-31-17/h1-11,25H,12H2,(H,26,28)(H,27,29). The summed E-state index contributed by atoms with van der Waals surface area (Å²) < 4.78 is 48.5. The zero-order valence-corrected chi connectivity index (χ0v) is 16.2. The Kier molecular flexibility index (Phi) is 6.78. The average Bonchev–Trinajstić information content (AvgIpc) is 3.31. The number of benzene rings is 2. The van der Waals surface area contributed by atoms with E-state index in [4.69, 9.17) is 9.15 Å². The third-order valence-corrected chi connectivity index (χ3v) is 4.01. The highest BCUT2D eigenvalue weighted by atomic mass is 19.4. The maximum absolute atomic E-state index is 12.9. The lowest BCUT2D eigenvalue weighted by Gasteiger charge is -2.13. The van der Waals surface area contributed by atoms with Gasteiger partial charge in [0.15, 0.2) is 12.4 Å². The van der Waals surface area contributed by atoms with Crippen LogP contribution in [0.15, 0.2) is 71.3 Å². The van der Waals surface area contributed by atoms with E-state index in [1.54, 1.807) is 6.07 Å². The summed E-state index contributed by atoms with van der Waals surface area (Å²) in [5, 5.41) is 2.74. The Bertz CT molecular complexity index is 1110. The molecule has 2 aromatic carbocycles. The van der Waals surface area contributed by atoms with Crippen molar-refractivity contribution >= 4 is 29.2 Å². The summed E-state index contributed by atoms with van der Waals surface area (Å²) >= 11 is 0. The Hall–Kier alpha value is -4.28. The topological polar surface area (TPSA) is 110 Å². The molecular formula is C21H16F3N3O5. The van der Waals surface area contributed by atoms with Gasteiger partial charge in [0.2, 0.25) is 0 Å². The van der Waals surface area contributed by atoms with Crippen molar-refractivity contribution in [2.75, 3.05) is 11.9 Å². The van der Waals surface area contributed by atoms with Gasteiger partial charge in [0.1, 0.15) is 0 Å². The highest BCUT2D eigenvalue weighted by Gasteiger charge is 2.30. The molecule has 0 unspecified atom stereocenters. The normalized spacial score (nSPS) is 10.8. The van der Waals surface area contributed by atoms with E-state index in [1.165, 1.54) is 48.7 Å². The van der Waals surface area contributed by atoms with Crippen molar-refractivity contribution in [3.05, 3.63) is 83.8 Å². The van der Waals surface area contributed by atoms with Gasteiger partial charge in [-0.2, -0.15) is 13.2 Å². The molecule has 2 amide bonds. The van der Waals surface area contributed by atoms with E-state index in [0.717, 1.165) is 12.1 Å². The van der Waals surface area contributed by atoms with Gasteiger partial charge < -0.3 is 14.5 Å².